The van der Waals surface area contributed by atoms with Crippen molar-refractivity contribution in [2.75, 3.05) is 17.3 Å². The van der Waals surface area contributed by atoms with Gasteiger partial charge < -0.3 is 15.2 Å². The molecule has 3 heteroatoms. The average molecular weight is 215 g/mol. The smallest absolute Gasteiger partial charge is 0.0851 e. The number of hydrogen-bond acceptors (Lipinski definition) is 2. The van der Waals surface area contributed by atoms with E-state index in [1.54, 1.807) is 0 Å². The van der Waals surface area contributed by atoms with E-state index in [-0.39, 0.29) is 5.54 Å². The van der Waals surface area contributed by atoms with Gasteiger partial charge in [-0.05, 0) is 26.8 Å². The lowest BCUT2D eigenvalue weighted by Gasteiger charge is -2.20. The first kappa shape index (κ1) is 9.58. The van der Waals surface area contributed by atoms with E-state index < -0.39 is 0 Å². The number of anilines is 2. The van der Waals surface area contributed by atoms with Crippen molar-refractivity contribution in [3.8, 4) is 0 Å². The molecule has 0 amide bonds. The predicted octanol–water partition coefficient (Wildman–Crippen LogP) is 3.19. The summed E-state index contributed by atoms with van der Waals surface area (Å²) < 4.78 is 2.28. The van der Waals surface area contributed by atoms with Crippen LogP contribution in [0.4, 0.5) is 11.4 Å². The molecule has 0 saturated heterocycles. The van der Waals surface area contributed by atoms with Gasteiger partial charge in [0, 0.05) is 28.7 Å². The highest BCUT2D eigenvalue weighted by atomic mass is 15.1. The van der Waals surface area contributed by atoms with E-state index in [0.717, 1.165) is 6.67 Å². The van der Waals surface area contributed by atoms with Crippen molar-refractivity contribution in [2.45, 2.75) is 26.3 Å². The zero-order chi connectivity index (χ0) is 11.3. The number of benzene rings is 1. The van der Waals surface area contributed by atoms with Crippen LogP contribution in [0.25, 0.3) is 10.8 Å². The fourth-order valence-electron chi connectivity index (χ4n) is 2.17. The maximum Gasteiger partial charge on any atom is 0.0851 e. The highest BCUT2D eigenvalue weighted by Crippen LogP contribution is 2.35. The highest BCUT2D eigenvalue weighted by Gasteiger charge is 2.17. The molecule has 0 aliphatic carbocycles. The Balaban J connectivity index is 2.26. The second kappa shape index (κ2) is 2.94. The van der Waals surface area contributed by atoms with Crippen LogP contribution in [-0.4, -0.2) is 11.2 Å². The van der Waals surface area contributed by atoms with Crippen LogP contribution < -0.4 is 10.6 Å². The second-order valence-corrected chi connectivity index (χ2v) is 5.36. The molecule has 3 rings (SSSR count). The summed E-state index contributed by atoms with van der Waals surface area (Å²) in [4.78, 5) is 0. The van der Waals surface area contributed by atoms with Gasteiger partial charge in [0.2, 0.25) is 0 Å². The molecule has 3 nitrogen and oxygen atoms in total. The minimum atomic E-state index is 0.137. The first-order valence-electron chi connectivity index (χ1n) is 5.69. The normalized spacial score (nSPS) is 14.7. The minimum Gasteiger partial charge on any atom is -0.366 e. The Morgan fingerprint density at radius 2 is 1.94 bits per heavy atom. The summed E-state index contributed by atoms with van der Waals surface area (Å²) in [6.07, 6.45) is 4.45. The van der Waals surface area contributed by atoms with E-state index in [0.29, 0.717) is 0 Å². The highest BCUT2D eigenvalue weighted by molar-refractivity contribution is 6.01. The SMILES string of the molecule is CC(C)(C)n1cc2ccc3c(c2c1)NCN3. The van der Waals surface area contributed by atoms with Gasteiger partial charge in [-0.3, -0.25) is 0 Å². The average Bonchev–Trinajstić information content (AvgIpc) is 2.81. The summed E-state index contributed by atoms with van der Waals surface area (Å²) in [6.45, 7) is 7.49. The number of fused-ring (bicyclic) bond motifs is 3. The maximum absolute atomic E-state index is 3.38. The van der Waals surface area contributed by atoms with Crippen molar-refractivity contribution in [1.29, 1.82) is 0 Å². The summed E-state index contributed by atoms with van der Waals surface area (Å²) in [5.74, 6) is 0. The Morgan fingerprint density at radius 3 is 2.69 bits per heavy atom. The molecule has 0 spiro atoms. The van der Waals surface area contributed by atoms with E-state index in [4.69, 9.17) is 0 Å². The lowest BCUT2D eigenvalue weighted by molar-refractivity contribution is 0.400. The van der Waals surface area contributed by atoms with Gasteiger partial charge in [-0.25, -0.2) is 0 Å². The van der Waals surface area contributed by atoms with Crippen molar-refractivity contribution in [3.63, 3.8) is 0 Å². The lowest BCUT2D eigenvalue weighted by Crippen LogP contribution is -2.19. The van der Waals surface area contributed by atoms with Gasteiger partial charge in [0.15, 0.2) is 0 Å². The number of nitrogens with zero attached hydrogens (tertiary/aromatic N) is 1. The van der Waals surface area contributed by atoms with Crippen LogP contribution in [0.1, 0.15) is 20.8 Å². The topological polar surface area (TPSA) is 29.0 Å². The Hall–Kier alpha value is -1.64. The number of rotatable bonds is 0. The number of nitrogens with one attached hydrogen (secondary N) is 2. The summed E-state index contributed by atoms with van der Waals surface area (Å²) in [5.41, 5.74) is 2.58. The van der Waals surface area contributed by atoms with E-state index >= 15 is 0 Å². The molecule has 0 atom stereocenters. The maximum atomic E-state index is 3.38. The summed E-state index contributed by atoms with van der Waals surface area (Å²) in [5, 5.41) is 9.30. The van der Waals surface area contributed by atoms with Crippen molar-refractivity contribution < 1.29 is 0 Å². The quantitative estimate of drug-likeness (QED) is 0.706. The molecule has 2 aromatic rings. The predicted molar refractivity (Wildman–Crippen MR) is 69.0 cm³/mol. The third kappa shape index (κ3) is 1.28. The van der Waals surface area contributed by atoms with Gasteiger partial charge >= 0.3 is 0 Å². The molecule has 0 saturated carbocycles. The van der Waals surface area contributed by atoms with Crippen molar-refractivity contribution in [2.24, 2.45) is 0 Å². The molecule has 2 N–H and O–H groups in total. The monoisotopic (exact) mass is 215 g/mol. The van der Waals surface area contributed by atoms with Gasteiger partial charge in [-0.2, -0.15) is 0 Å². The Kier molecular flexibility index (Phi) is 1.76. The first-order valence-corrected chi connectivity index (χ1v) is 5.69. The van der Waals surface area contributed by atoms with E-state index in [2.05, 4.69) is 60.5 Å². The molecule has 84 valence electrons. The fourth-order valence-corrected chi connectivity index (χ4v) is 2.17. The van der Waals surface area contributed by atoms with E-state index in [9.17, 15) is 0 Å². The minimum absolute atomic E-state index is 0.137. The van der Waals surface area contributed by atoms with Gasteiger partial charge in [0.05, 0.1) is 18.0 Å². The van der Waals surface area contributed by atoms with Crippen molar-refractivity contribution in [1.82, 2.24) is 4.57 Å². The van der Waals surface area contributed by atoms with Crippen LogP contribution in [0.15, 0.2) is 24.5 Å². The van der Waals surface area contributed by atoms with Crippen molar-refractivity contribution in [3.05, 3.63) is 24.5 Å². The zero-order valence-corrected chi connectivity index (χ0v) is 9.96. The van der Waals surface area contributed by atoms with E-state index in [1.807, 2.05) is 0 Å². The summed E-state index contributed by atoms with van der Waals surface area (Å²) in [7, 11) is 0. The van der Waals surface area contributed by atoms with Crippen LogP contribution in [0.2, 0.25) is 0 Å². The summed E-state index contributed by atoms with van der Waals surface area (Å²) in [6, 6.07) is 4.32. The molecule has 2 heterocycles. The van der Waals surface area contributed by atoms with Gasteiger partial charge in [0.25, 0.3) is 0 Å². The molecule has 16 heavy (non-hydrogen) atoms. The molecule has 0 fully saturated rings. The molecular weight excluding hydrogens is 198 g/mol. The van der Waals surface area contributed by atoms with Crippen LogP contribution in [0.5, 0.6) is 0 Å². The van der Waals surface area contributed by atoms with Crippen LogP contribution in [-0.2, 0) is 5.54 Å². The van der Waals surface area contributed by atoms with Crippen LogP contribution >= 0.6 is 0 Å². The third-order valence-electron chi connectivity index (χ3n) is 3.14. The molecule has 0 unspecified atom stereocenters. The van der Waals surface area contributed by atoms with Gasteiger partial charge in [-0.1, -0.05) is 6.07 Å². The Bertz CT molecular complexity index is 546. The van der Waals surface area contributed by atoms with Gasteiger partial charge in [0.1, 0.15) is 0 Å². The molecule has 1 aromatic carbocycles. The first-order chi connectivity index (χ1) is 7.55. The molecule has 1 aliphatic rings. The number of aromatic nitrogens is 1. The molecule has 1 aliphatic heterocycles. The number of hydrogen-bond donors (Lipinski definition) is 2. The molecule has 0 bridgehead atoms. The second-order valence-electron chi connectivity index (χ2n) is 5.36. The fraction of sp³-hybridized carbons (Fsp3) is 0.385. The van der Waals surface area contributed by atoms with E-state index in [1.165, 1.54) is 22.1 Å². The molecule has 1 aromatic heterocycles. The lowest BCUT2D eigenvalue weighted by atomic mass is 10.1. The largest absolute Gasteiger partial charge is 0.366 e. The molecule has 0 radical (unpaired) electrons. The Labute approximate surface area is 95.5 Å². The zero-order valence-electron chi connectivity index (χ0n) is 9.96. The van der Waals surface area contributed by atoms with Crippen LogP contribution in [0, 0.1) is 0 Å². The van der Waals surface area contributed by atoms with Gasteiger partial charge in [-0.15, -0.1) is 0 Å². The van der Waals surface area contributed by atoms with Crippen LogP contribution in [0.3, 0.4) is 0 Å². The molecular formula is C13H17N3. The van der Waals surface area contributed by atoms with Crippen molar-refractivity contribution >= 4 is 22.1 Å². The summed E-state index contributed by atoms with van der Waals surface area (Å²) >= 11 is 0. The standard InChI is InChI=1S/C13H17N3/c1-13(2,3)16-6-9-4-5-11-12(10(9)7-16)15-8-14-11/h4-7,14-15H,8H2,1-3H3. The Morgan fingerprint density at radius 1 is 1.12 bits per heavy atom. The third-order valence-corrected chi connectivity index (χ3v) is 3.14.